The van der Waals surface area contributed by atoms with Crippen molar-refractivity contribution in [1.29, 1.82) is 0 Å². The van der Waals surface area contributed by atoms with Crippen LogP contribution in [0.5, 0.6) is 5.75 Å². The number of nitrogen functional groups attached to an aromatic ring is 1. The van der Waals surface area contributed by atoms with Crippen molar-refractivity contribution in [3.05, 3.63) is 29.7 Å². The summed E-state index contributed by atoms with van der Waals surface area (Å²) in [5, 5.41) is 8.72. The Morgan fingerprint density at radius 2 is 1.73 bits per heavy atom. The third-order valence-electron chi connectivity index (χ3n) is 3.73. The van der Waals surface area contributed by atoms with Gasteiger partial charge in [0.25, 0.3) is 0 Å². The third-order valence-corrected chi connectivity index (χ3v) is 3.73. The van der Waals surface area contributed by atoms with Gasteiger partial charge in [0.05, 0.1) is 23.8 Å². The zero-order valence-electron chi connectivity index (χ0n) is 12.5. The van der Waals surface area contributed by atoms with Gasteiger partial charge in [-0.05, 0) is 26.0 Å². The molecule has 0 atom stereocenters. The van der Waals surface area contributed by atoms with Crippen molar-refractivity contribution in [2.24, 2.45) is 0 Å². The summed E-state index contributed by atoms with van der Waals surface area (Å²) in [5.74, 6) is 2.69. The minimum Gasteiger partial charge on any atom is -0.492 e. The van der Waals surface area contributed by atoms with Crippen molar-refractivity contribution in [2.45, 2.75) is 13.8 Å². The smallest absolute Gasteiger partial charge is 0.177 e. The third kappa shape index (κ3) is 1.64. The first kappa shape index (κ1) is 12.8. The highest BCUT2D eigenvalue weighted by Crippen LogP contribution is 2.45. The Morgan fingerprint density at radius 3 is 2.36 bits per heavy atom. The van der Waals surface area contributed by atoms with Crippen LogP contribution in [0.3, 0.4) is 0 Å². The first-order chi connectivity index (χ1) is 10.6. The van der Waals surface area contributed by atoms with E-state index in [1.165, 1.54) is 0 Å². The number of H-pyrrole nitrogens is 1. The number of nitrogens with one attached hydrogen (secondary N) is 1. The van der Waals surface area contributed by atoms with Crippen LogP contribution in [0.25, 0.3) is 33.2 Å². The zero-order valence-corrected chi connectivity index (χ0v) is 12.5. The quantitative estimate of drug-likeness (QED) is 0.587. The van der Waals surface area contributed by atoms with E-state index in [2.05, 4.69) is 10.2 Å². The molecule has 0 bridgehead atoms. The van der Waals surface area contributed by atoms with Gasteiger partial charge in [-0.2, -0.15) is 5.10 Å². The lowest BCUT2D eigenvalue weighted by Gasteiger charge is -2.07. The molecule has 4 rings (SSSR count). The van der Waals surface area contributed by atoms with Crippen LogP contribution in [-0.2, 0) is 0 Å². The van der Waals surface area contributed by atoms with E-state index < -0.39 is 0 Å². The molecular weight excluding hydrogens is 282 g/mol. The number of nitrogens with two attached hydrogens (primary N) is 1. The fourth-order valence-electron chi connectivity index (χ4n) is 2.92. The standard InChI is InChI=1S/C16H15N3O3/c1-7-4-9-13(11-6-12(17)19-18-11)14-10(5-8(2)21-14)15(20-3)16(9)22-7/h4-6H,1-3H3,(H3,17,18,19). The molecule has 0 aliphatic rings. The van der Waals surface area contributed by atoms with Crippen molar-refractivity contribution in [2.75, 3.05) is 12.8 Å². The summed E-state index contributed by atoms with van der Waals surface area (Å²) >= 11 is 0. The summed E-state index contributed by atoms with van der Waals surface area (Å²) in [6, 6.07) is 5.68. The van der Waals surface area contributed by atoms with Gasteiger partial charge in [0.2, 0.25) is 0 Å². The van der Waals surface area contributed by atoms with Crippen molar-refractivity contribution >= 4 is 27.8 Å². The Labute approximate surface area is 125 Å². The van der Waals surface area contributed by atoms with Crippen LogP contribution in [-0.4, -0.2) is 17.3 Å². The molecule has 6 nitrogen and oxygen atoms in total. The van der Waals surface area contributed by atoms with Crippen LogP contribution < -0.4 is 10.5 Å². The zero-order chi connectivity index (χ0) is 15.4. The minimum atomic E-state index is 0.426. The monoisotopic (exact) mass is 297 g/mol. The molecule has 0 aliphatic carbocycles. The lowest BCUT2D eigenvalue weighted by atomic mass is 10.0. The van der Waals surface area contributed by atoms with Crippen molar-refractivity contribution in [1.82, 2.24) is 10.2 Å². The van der Waals surface area contributed by atoms with E-state index in [0.717, 1.165) is 39.1 Å². The molecule has 1 aromatic carbocycles. The average Bonchev–Trinajstić information content (AvgIpc) is 3.14. The van der Waals surface area contributed by atoms with Gasteiger partial charge in [0.1, 0.15) is 22.9 Å². The van der Waals surface area contributed by atoms with Crippen molar-refractivity contribution < 1.29 is 13.6 Å². The summed E-state index contributed by atoms with van der Waals surface area (Å²) < 4.78 is 17.3. The number of fused-ring (bicyclic) bond motifs is 2. The molecule has 4 aromatic rings. The second kappa shape index (κ2) is 4.30. The Hall–Kier alpha value is -2.89. The van der Waals surface area contributed by atoms with Crippen molar-refractivity contribution in [3.8, 4) is 17.0 Å². The van der Waals surface area contributed by atoms with Crippen LogP contribution >= 0.6 is 0 Å². The Morgan fingerprint density at radius 1 is 1.05 bits per heavy atom. The molecule has 0 saturated carbocycles. The summed E-state index contributed by atoms with van der Waals surface area (Å²) in [6.07, 6.45) is 0. The van der Waals surface area contributed by atoms with Gasteiger partial charge in [-0.25, -0.2) is 0 Å². The molecule has 0 saturated heterocycles. The minimum absolute atomic E-state index is 0.426. The first-order valence-electron chi connectivity index (χ1n) is 6.90. The maximum atomic E-state index is 5.91. The topological polar surface area (TPSA) is 90.2 Å². The largest absolute Gasteiger partial charge is 0.492 e. The van der Waals surface area contributed by atoms with Gasteiger partial charge in [0.15, 0.2) is 11.3 Å². The lowest BCUT2D eigenvalue weighted by Crippen LogP contribution is -1.88. The number of furan rings is 2. The molecule has 0 radical (unpaired) electrons. The predicted molar refractivity (Wildman–Crippen MR) is 84.0 cm³/mol. The molecule has 0 aliphatic heterocycles. The summed E-state index contributed by atoms with van der Waals surface area (Å²) in [5.41, 5.74) is 8.83. The summed E-state index contributed by atoms with van der Waals surface area (Å²) in [4.78, 5) is 0. The van der Waals surface area contributed by atoms with Gasteiger partial charge in [-0.3, -0.25) is 5.10 Å². The molecule has 0 spiro atoms. The van der Waals surface area contributed by atoms with E-state index in [0.29, 0.717) is 17.2 Å². The second-order valence-corrected chi connectivity index (χ2v) is 5.31. The maximum Gasteiger partial charge on any atom is 0.177 e. The number of rotatable bonds is 2. The average molecular weight is 297 g/mol. The van der Waals surface area contributed by atoms with E-state index >= 15 is 0 Å². The summed E-state index contributed by atoms with van der Waals surface area (Å²) in [7, 11) is 1.63. The molecule has 3 aromatic heterocycles. The van der Waals surface area contributed by atoms with Gasteiger partial charge < -0.3 is 19.3 Å². The summed E-state index contributed by atoms with van der Waals surface area (Å²) in [6.45, 7) is 3.80. The number of aromatic amines is 1. The molecule has 0 unspecified atom stereocenters. The SMILES string of the molecule is COc1c2cc(C)oc2c(-c2cc(N)n[nH]2)c2cc(C)oc12. The van der Waals surface area contributed by atoms with E-state index in [4.69, 9.17) is 19.3 Å². The second-order valence-electron chi connectivity index (χ2n) is 5.31. The number of methoxy groups -OCH3 is 1. The predicted octanol–water partition coefficient (Wildman–Crippen LogP) is 3.78. The molecule has 6 heteroatoms. The fraction of sp³-hybridized carbons (Fsp3) is 0.188. The number of anilines is 1. The van der Waals surface area contributed by atoms with Crippen LogP contribution in [0.15, 0.2) is 27.0 Å². The Kier molecular flexibility index (Phi) is 2.51. The fourth-order valence-corrected chi connectivity index (χ4v) is 2.92. The van der Waals surface area contributed by atoms with E-state index in [9.17, 15) is 0 Å². The van der Waals surface area contributed by atoms with Crippen LogP contribution in [0.1, 0.15) is 11.5 Å². The van der Waals surface area contributed by atoms with Gasteiger partial charge >= 0.3 is 0 Å². The number of benzene rings is 1. The van der Waals surface area contributed by atoms with Gasteiger partial charge in [0, 0.05) is 11.5 Å². The molecule has 112 valence electrons. The van der Waals surface area contributed by atoms with E-state index in [-0.39, 0.29) is 0 Å². The van der Waals surface area contributed by atoms with E-state index in [1.54, 1.807) is 13.2 Å². The van der Waals surface area contributed by atoms with Crippen LogP contribution in [0, 0.1) is 13.8 Å². The van der Waals surface area contributed by atoms with E-state index in [1.807, 2.05) is 26.0 Å². The molecule has 22 heavy (non-hydrogen) atoms. The molecule has 0 fully saturated rings. The molecular formula is C16H15N3O3. The normalized spacial score (nSPS) is 11.6. The number of hydrogen-bond donors (Lipinski definition) is 2. The van der Waals surface area contributed by atoms with Crippen molar-refractivity contribution in [3.63, 3.8) is 0 Å². The molecule has 0 amide bonds. The molecule has 3 N–H and O–H groups in total. The van der Waals surface area contributed by atoms with Crippen LogP contribution in [0.2, 0.25) is 0 Å². The first-order valence-corrected chi connectivity index (χ1v) is 6.90. The molecule has 3 heterocycles. The number of aryl methyl sites for hydroxylation is 2. The maximum absolute atomic E-state index is 5.91. The van der Waals surface area contributed by atoms with Crippen LogP contribution in [0.4, 0.5) is 5.82 Å². The highest BCUT2D eigenvalue weighted by molar-refractivity contribution is 6.13. The Bertz CT molecular complexity index is 949. The number of nitrogens with zero attached hydrogens (tertiary/aromatic N) is 1. The van der Waals surface area contributed by atoms with Gasteiger partial charge in [-0.1, -0.05) is 0 Å². The number of aromatic nitrogens is 2. The Balaban J connectivity index is 2.24. The lowest BCUT2D eigenvalue weighted by molar-refractivity contribution is 0.413. The highest BCUT2D eigenvalue weighted by atomic mass is 16.5. The number of hydrogen-bond acceptors (Lipinski definition) is 5. The van der Waals surface area contributed by atoms with Gasteiger partial charge in [-0.15, -0.1) is 0 Å². The highest BCUT2D eigenvalue weighted by Gasteiger charge is 2.23. The number of ether oxygens (including phenoxy) is 1.